The van der Waals surface area contributed by atoms with Crippen molar-refractivity contribution < 1.29 is 22.6 Å². The van der Waals surface area contributed by atoms with Crippen LogP contribution in [0.3, 0.4) is 0 Å². The van der Waals surface area contributed by atoms with E-state index in [0.717, 1.165) is 31.9 Å². The molecule has 0 atom stereocenters. The maximum atomic E-state index is 10.9. The average Bonchev–Trinajstić information content (AvgIpc) is 2.94. The van der Waals surface area contributed by atoms with Crippen molar-refractivity contribution in [2.75, 3.05) is 5.75 Å². The van der Waals surface area contributed by atoms with Gasteiger partial charge in [0, 0.05) is 24.3 Å². The van der Waals surface area contributed by atoms with Crippen molar-refractivity contribution >= 4 is 43.8 Å². The maximum absolute atomic E-state index is 10.9. The first-order valence-electron chi connectivity index (χ1n) is 8.58. The minimum absolute atomic E-state index is 0.273. The minimum Gasteiger partial charge on any atom is -0.748 e. The molecule has 0 bridgehead atoms. The number of phenols is 1. The number of hydrogen-bond acceptors (Lipinski definition) is 5. The predicted octanol–water partition coefficient (Wildman–Crippen LogP) is 3.62. The quantitative estimate of drug-likeness (QED) is 0.503. The van der Waals surface area contributed by atoms with Gasteiger partial charge in [-0.1, -0.05) is 23.5 Å². The summed E-state index contributed by atoms with van der Waals surface area (Å²) in [5, 5.41) is 10.9. The second-order valence-electron chi connectivity index (χ2n) is 6.51. The Morgan fingerprint density at radius 3 is 2.48 bits per heavy atom. The monoisotopic (exact) mass is 403 g/mol. The van der Waals surface area contributed by atoms with Crippen molar-refractivity contribution in [2.45, 2.75) is 26.8 Å². The lowest BCUT2D eigenvalue weighted by Gasteiger charge is -2.05. The Labute approximate surface area is 163 Å². The van der Waals surface area contributed by atoms with Crippen LogP contribution in [0, 0.1) is 13.8 Å². The molecule has 1 heterocycles. The Kier molecular flexibility index (Phi) is 5.64. The molecule has 0 radical (unpaired) electrons. The molecule has 0 spiro atoms. The topological polar surface area (TPSA) is 81.3 Å². The Bertz CT molecular complexity index is 1090. The van der Waals surface area contributed by atoms with Crippen LogP contribution in [-0.2, 0) is 16.7 Å². The van der Waals surface area contributed by atoms with Gasteiger partial charge >= 0.3 is 0 Å². The van der Waals surface area contributed by atoms with E-state index in [4.69, 9.17) is 0 Å². The van der Waals surface area contributed by atoms with Crippen LogP contribution in [0.15, 0.2) is 36.4 Å². The van der Waals surface area contributed by atoms with E-state index >= 15 is 0 Å². The molecule has 0 aliphatic rings. The number of nitrogens with zero attached hydrogens (tertiary/aromatic N) is 1. The highest BCUT2D eigenvalue weighted by molar-refractivity contribution is 7.85. The third kappa shape index (κ3) is 4.74. The lowest BCUT2D eigenvalue weighted by atomic mass is 10.1. The van der Waals surface area contributed by atoms with Crippen LogP contribution in [0.5, 0.6) is 5.75 Å². The number of aryl methyl sites for hydroxylation is 3. The number of rotatable bonds is 6. The molecule has 0 aliphatic heterocycles. The molecular weight excluding hydrogens is 382 g/mol. The molecule has 27 heavy (non-hydrogen) atoms. The molecule has 0 amide bonds. The number of thiazole rings is 1. The minimum atomic E-state index is -4.21. The van der Waals surface area contributed by atoms with Crippen LogP contribution in [-0.4, -0.2) is 23.8 Å². The molecule has 0 saturated heterocycles. The second kappa shape index (κ2) is 7.80. The molecule has 0 saturated carbocycles. The number of fused-ring (bicyclic) bond motifs is 1. The lowest BCUT2D eigenvalue weighted by Crippen LogP contribution is -2.35. The van der Waals surface area contributed by atoms with E-state index in [-0.39, 0.29) is 12.2 Å². The first-order chi connectivity index (χ1) is 12.7. The SMILES string of the molecule is Cc1cc(/C=C/c2sc3ccccc3[n+]2CCCS(=O)(=O)[O-])cc(C)c1O. The highest BCUT2D eigenvalue weighted by Gasteiger charge is 2.18. The number of benzene rings is 2. The van der Waals surface area contributed by atoms with Crippen molar-refractivity contribution in [1.29, 1.82) is 0 Å². The van der Waals surface area contributed by atoms with Gasteiger partial charge in [-0.15, -0.1) is 0 Å². The number of para-hydroxylation sites is 1. The van der Waals surface area contributed by atoms with E-state index in [2.05, 4.69) is 0 Å². The van der Waals surface area contributed by atoms with Gasteiger partial charge in [0.2, 0.25) is 5.52 Å². The van der Waals surface area contributed by atoms with Gasteiger partial charge in [0.1, 0.15) is 10.4 Å². The van der Waals surface area contributed by atoms with E-state index in [0.29, 0.717) is 12.3 Å². The van der Waals surface area contributed by atoms with Crippen LogP contribution in [0.2, 0.25) is 0 Å². The summed E-state index contributed by atoms with van der Waals surface area (Å²) < 4.78 is 35.9. The van der Waals surface area contributed by atoms with Crippen LogP contribution < -0.4 is 4.57 Å². The summed E-state index contributed by atoms with van der Waals surface area (Å²) in [6.07, 6.45) is 4.24. The maximum Gasteiger partial charge on any atom is 0.262 e. The van der Waals surface area contributed by atoms with Crippen molar-refractivity contribution in [3.05, 3.63) is 58.1 Å². The number of aromatic hydroxyl groups is 1. The normalized spacial score (nSPS) is 12.3. The third-order valence-corrected chi connectivity index (χ3v) is 6.26. The van der Waals surface area contributed by atoms with E-state index in [9.17, 15) is 18.1 Å². The average molecular weight is 404 g/mol. The van der Waals surface area contributed by atoms with Gasteiger partial charge in [0.25, 0.3) is 5.01 Å². The van der Waals surface area contributed by atoms with Crippen molar-refractivity contribution in [2.24, 2.45) is 0 Å². The second-order valence-corrected chi connectivity index (χ2v) is 9.10. The fourth-order valence-corrected chi connectivity index (χ4v) is 4.63. The first-order valence-corrected chi connectivity index (χ1v) is 11.0. The summed E-state index contributed by atoms with van der Waals surface area (Å²) in [5.41, 5.74) is 3.64. The van der Waals surface area contributed by atoms with E-state index in [1.807, 2.05) is 67.0 Å². The van der Waals surface area contributed by atoms with E-state index < -0.39 is 10.1 Å². The summed E-state index contributed by atoms with van der Waals surface area (Å²) in [6.45, 7) is 4.18. The lowest BCUT2D eigenvalue weighted by molar-refractivity contribution is -0.668. The van der Waals surface area contributed by atoms with Gasteiger partial charge in [-0.05, 0) is 54.8 Å². The van der Waals surface area contributed by atoms with Crippen molar-refractivity contribution in [1.82, 2.24) is 0 Å². The zero-order chi connectivity index (χ0) is 19.6. The zero-order valence-electron chi connectivity index (χ0n) is 15.2. The molecule has 1 N–H and O–H groups in total. The molecule has 2 aromatic carbocycles. The summed E-state index contributed by atoms with van der Waals surface area (Å²) in [6, 6.07) is 11.7. The molecule has 3 aromatic rings. The van der Waals surface area contributed by atoms with Crippen LogP contribution >= 0.6 is 11.3 Å². The summed E-state index contributed by atoms with van der Waals surface area (Å²) >= 11 is 1.61. The molecule has 142 valence electrons. The molecule has 5 nitrogen and oxygen atoms in total. The van der Waals surface area contributed by atoms with Gasteiger partial charge in [0.15, 0.2) is 6.54 Å². The largest absolute Gasteiger partial charge is 0.748 e. The predicted molar refractivity (Wildman–Crippen MR) is 108 cm³/mol. The molecule has 0 aliphatic carbocycles. The molecule has 1 aromatic heterocycles. The molecule has 3 rings (SSSR count). The molecule has 7 heteroatoms. The third-order valence-electron chi connectivity index (χ3n) is 4.34. The summed E-state index contributed by atoms with van der Waals surface area (Å²) in [5.74, 6) is -0.0631. The van der Waals surface area contributed by atoms with Crippen LogP contribution in [0.25, 0.3) is 22.4 Å². The highest BCUT2D eigenvalue weighted by atomic mass is 32.2. The summed E-state index contributed by atoms with van der Waals surface area (Å²) in [4.78, 5) is 0. The van der Waals surface area contributed by atoms with E-state index in [1.165, 1.54) is 0 Å². The Hall–Kier alpha value is -2.22. The van der Waals surface area contributed by atoms with Crippen LogP contribution in [0.4, 0.5) is 0 Å². The van der Waals surface area contributed by atoms with Crippen molar-refractivity contribution in [3.63, 3.8) is 0 Å². The number of aromatic nitrogens is 1. The molecular formula is C20H21NO4S2. The van der Waals surface area contributed by atoms with Gasteiger partial charge in [-0.25, -0.2) is 8.42 Å². The smallest absolute Gasteiger partial charge is 0.262 e. The standard InChI is InChI=1S/C20H21NO4S2/c1-14-12-16(13-15(2)20(14)22)8-9-19-21(10-5-11-27(23,24)25)17-6-3-4-7-18(17)26-19/h3-4,6-9,12-13H,5,10-11H2,1-2H3,(H,23,24,25). The van der Waals surface area contributed by atoms with Crippen LogP contribution in [0.1, 0.15) is 28.1 Å². The zero-order valence-corrected chi connectivity index (χ0v) is 16.8. The Morgan fingerprint density at radius 2 is 1.81 bits per heavy atom. The van der Waals surface area contributed by atoms with Crippen molar-refractivity contribution in [3.8, 4) is 5.75 Å². The Morgan fingerprint density at radius 1 is 1.15 bits per heavy atom. The highest BCUT2D eigenvalue weighted by Crippen LogP contribution is 2.25. The van der Waals surface area contributed by atoms with Gasteiger partial charge in [0.05, 0.1) is 10.1 Å². The molecule has 0 unspecified atom stereocenters. The van der Waals surface area contributed by atoms with Gasteiger partial charge in [-0.2, -0.15) is 4.57 Å². The summed E-state index contributed by atoms with van der Waals surface area (Å²) in [7, 11) is -4.21. The fraction of sp³-hybridized carbons (Fsp3) is 0.250. The van der Waals surface area contributed by atoms with Gasteiger partial charge < -0.3 is 9.66 Å². The number of phenolic OH excluding ortho intramolecular Hbond substituents is 1. The van der Waals surface area contributed by atoms with E-state index in [1.54, 1.807) is 11.3 Å². The fourth-order valence-electron chi connectivity index (χ4n) is 3.06. The number of hydrogen-bond donors (Lipinski definition) is 1. The van der Waals surface area contributed by atoms with Gasteiger partial charge in [-0.3, -0.25) is 0 Å². The first kappa shape index (κ1) is 19.5. The molecule has 0 fully saturated rings. The Balaban J connectivity index is 1.94.